The lowest BCUT2D eigenvalue weighted by Gasteiger charge is -2.09. The molecule has 0 atom stereocenters. The van der Waals surface area contributed by atoms with E-state index in [1.165, 1.54) is 0 Å². The fourth-order valence-electron chi connectivity index (χ4n) is 1.84. The van der Waals surface area contributed by atoms with Crippen LogP contribution in [0.15, 0.2) is 42.5 Å². The zero-order valence-electron chi connectivity index (χ0n) is 11.4. The molecule has 0 radical (unpaired) electrons. The lowest BCUT2D eigenvalue weighted by molar-refractivity contribution is 0.102. The number of amides is 1. The van der Waals surface area contributed by atoms with Crippen LogP contribution in [0.2, 0.25) is 5.02 Å². The highest BCUT2D eigenvalue weighted by Crippen LogP contribution is 2.20. The maximum Gasteiger partial charge on any atom is 0.255 e. The minimum Gasteiger partial charge on any atom is -0.494 e. The van der Waals surface area contributed by atoms with E-state index in [1.54, 1.807) is 30.3 Å². The summed E-state index contributed by atoms with van der Waals surface area (Å²) >= 11 is 5.81. The first kappa shape index (κ1) is 14.4. The Labute approximate surface area is 123 Å². The SMILES string of the molecule is CCOc1ccc(C(=O)Nc2ccc(Cl)cc2)cc1C. The summed E-state index contributed by atoms with van der Waals surface area (Å²) in [6.45, 7) is 4.46. The number of ether oxygens (including phenoxy) is 1. The monoisotopic (exact) mass is 289 g/mol. The van der Waals surface area contributed by atoms with Gasteiger partial charge in [0.05, 0.1) is 6.61 Å². The Morgan fingerprint density at radius 2 is 1.90 bits per heavy atom. The second-order valence-electron chi connectivity index (χ2n) is 4.37. The predicted octanol–water partition coefficient (Wildman–Crippen LogP) is 4.30. The van der Waals surface area contributed by atoms with Gasteiger partial charge in [0.2, 0.25) is 0 Å². The second-order valence-corrected chi connectivity index (χ2v) is 4.81. The van der Waals surface area contributed by atoms with Crippen molar-refractivity contribution in [3.63, 3.8) is 0 Å². The van der Waals surface area contributed by atoms with Gasteiger partial charge in [0.25, 0.3) is 5.91 Å². The van der Waals surface area contributed by atoms with Crippen LogP contribution in [-0.4, -0.2) is 12.5 Å². The summed E-state index contributed by atoms with van der Waals surface area (Å²) in [4.78, 5) is 12.1. The summed E-state index contributed by atoms with van der Waals surface area (Å²) in [5, 5.41) is 3.46. The van der Waals surface area contributed by atoms with Crippen molar-refractivity contribution in [1.29, 1.82) is 0 Å². The molecule has 20 heavy (non-hydrogen) atoms. The van der Waals surface area contributed by atoms with Crippen molar-refractivity contribution in [1.82, 2.24) is 0 Å². The molecule has 2 rings (SSSR count). The van der Waals surface area contributed by atoms with Crippen LogP contribution in [0.5, 0.6) is 5.75 Å². The van der Waals surface area contributed by atoms with Gasteiger partial charge in [-0.05, 0) is 61.9 Å². The Balaban J connectivity index is 2.13. The number of nitrogens with one attached hydrogen (secondary N) is 1. The van der Waals surface area contributed by atoms with E-state index in [4.69, 9.17) is 16.3 Å². The third kappa shape index (κ3) is 3.52. The molecule has 0 spiro atoms. The average Bonchev–Trinajstić information content (AvgIpc) is 2.44. The first-order valence-electron chi connectivity index (χ1n) is 6.40. The molecular weight excluding hydrogens is 274 g/mol. The van der Waals surface area contributed by atoms with Crippen LogP contribution in [0.25, 0.3) is 0 Å². The van der Waals surface area contributed by atoms with E-state index in [1.807, 2.05) is 26.0 Å². The molecule has 3 nitrogen and oxygen atoms in total. The van der Waals surface area contributed by atoms with Crippen LogP contribution in [-0.2, 0) is 0 Å². The maximum absolute atomic E-state index is 12.1. The van der Waals surface area contributed by atoms with Gasteiger partial charge in [0, 0.05) is 16.3 Å². The first-order valence-corrected chi connectivity index (χ1v) is 6.78. The molecule has 2 aromatic rings. The summed E-state index contributed by atoms with van der Waals surface area (Å²) in [5.74, 6) is 0.647. The highest BCUT2D eigenvalue weighted by atomic mass is 35.5. The van der Waals surface area contributed by atoms with Crippen LogP contribution < -0.4 is 10.1 Å². The molecular formula is C16H16ClNO2. The lowest BCUT2D eigenvalue weighted by Crippen LogP contribution is -2.12. The summed E-state index contributed by atoms with van der Waals surface area (Å²) < 4.78 is 5.46. The van der Waals surface area contributed by atoms with Crippen molar-refractivity contribution in [2.24, 2.45) is 0 Å². The van der Waals surface area contributed by atoms with E-state index in [0.717, 1.165) is 11.3 Å². The number of anilines is 1. The van der Waals surface area contributed by atoms with Gasteiger partial charge < -0.3 is 10.1 Å². The minimum absolute atomic E-state index is 0.154. The van der Waals surface area contributed by atoms with Crippen LogP contribution in [0.1, 0.15) is 22.8 Å². The van der Waals surface area contributed by atoms with E-state index < -0.39 is 0 Å². The van der Waals surface area contributed by atoms with Crippen LogP contribution >= 0.6 is 11.6 Å². The summed E-state index contributed by atoms with van der Waals surface area (Å²) in [7, 11) is 0. The Hall–Kier alpha value is -2.00. The van der Waals surface area contributed by atoms with Crippen molar-refractivity contribution in [2.45, 2.75) is 13.8 Å². The number of aryl methyl sites for hydroxylation is 1. The average molecular weight is 290 g/mol. The Bertz CT molecular complexity index is 608. The van der Waals surface area contributed by atoms with Gasteiger partial charge in [-0.15, -0.1) is 0 Å². The molecule has 0 fully saturated rings. The van der Waals surface area contributed by atoms with Crippen LogP contribution in [0.4, 0.5) is 5.69 Å². The highest BCUT2D eigenvalue weighted by Gasteiger charge is 2.08. The third-order valence-corrected chi connectivity index (χ3v) is 3.09. The van der Waals surface area contributed by atoms with Crippen molar-refractivity contribution in [3.8, 4) is 5.75 Å². The van der Waals surface area contributed by atoms with Crippen LogP contribution in [0, 0.1) is 6.92 Å². The number of hydrogen-bond acceptors (Lipinski definition) is 2. The summed E-state index contributed by atoms with van der Waals surface area (Å²) in [6.07, 6.45) is 0. The number of hydrogen-bond donors (Lipinski definition) is 1. The van der Waals surface area contributed by atoms with Crippen molar-refractivity contribution < 1.29 is 9.53 Å². The van der Waals surface area contributed by atoms with Gasteiger partial charge in [0.15, 0.2) is 0 Å². The molecule has 0 aliphatic rings. The van der Waals surface area contributed by atoms with Crippen molar-refractivity contribution in [2.75, 3.05) is 11.9 Å². The predicted molar refractivity (Wildman–Crippen MR) is 81.8 cm³/mol. The van der Waals surface area contributed by atoms with E-state index in [2.05, 4.69) is 5.32 Å². The molecule has 0 unspecified atom stereocenters. The smallest absolute Gasteiger partial charge is 0.255 e. The number of halogens is 1. The van der Waals surface area contributed by atoms with Gasteiger partial charge in [-0.1, -0.05) is 11.6 Å². The van der Waals surface area contributed by atoms with Crippen LogP contribution in [0.3, 0.4) is 0 Å². The largest absolute Gasteiger partial charge is 0.494 e. The molecule has 2 aromatic carbocycles. The lowest BCUT2D eigenvalue weighted by atomic mass is 10.1. The molecule has 0 saturated carbocycles. The van der Waals surface area contributed by atoms with Gasteiger partial charge in [-0.3, -0.25) is 4.79 Å². The molecule has 1 N–H and O–H groups in total. The normalized spacial score (nSPS) is 10.2. The molecule has 4 heteroatoms. The standard InChI is InChI=1S/C16H16ClNO2/c1-3-20-15-9-4-12(10-11(15)2)16(19)18-14-7-5-13(17)6-8-14/h4-10H,3H2,1-2H3,(H,18,19). The maximum atomic E-state index is 12.1. The fraction of sp³-hybridized carbons (Fsp3) is 0.188. The second kappa shape index (κ2) is 6.44. The van der Waals surface area contributed by atoms with Gasteiger partial charge >= 0.3 is 0 Å². The highest BCUT2D eigenvalue weighted by molar-refractivity contribution is 6.30. The minimum atomic E-state index is -0.154. The van der Waals surface area contributed by atoms with Crippen molar-refractivity contribution >= 4 is 23.2 Å². The van der Waals surface area contributed by atoms with Crippen molar-refractivity contribution in [3.05, 3.63) is 58.6 Å². The van der Waals surface area contributed by atoms with E-state index >= 15 is 0 Å². The molecule has 0 aromatic heterocycles. The quantitative estimate of drug-likeness (QED) is 0.911. The number of carbonyl (C=O) groups is 1. The summed E-state index contributed by atoms with van der Waals surface area (Å²) in [5.41, 5.74) is 2.25. The zero-order valence-corrected chi connectivity index (χ0v) is 12.2. The zero-order chi connectivity index (χ0) is 14.5. The van der Waals surface area contributed by atoms with Gasteiger partial charge in [-0.2, -0.15) is 0 Å². The molecule has 0 aliphatic heterocycles. The van der Waals surface area contributed by atoms with E-state index in [9.17, 15) is 4.79 Å². The molecule has 0 heterocycles. The molecule has 0 bridgehead atoms. The third-order valence-electron chi connectivity index (χ3n) is 2.84. The Morgan fingerprint density at radius 3 is 2.50 bits per heavy atom. The fourth-order valence-corrected chi connectivity index (χ4v) is 1.97. The van der Waals surface area contributed by atoms with Gasteiger partial charge in [-0.25, -0.2) is 0 Å². The Kier molecular flexibility index (Phi) is 4.64. The summed E-state index contributed by atoms with van der Waals surface area (Å²) in [6, 6.07) is 12.4. The molecule has 104 valence electrons. The molecule has 0 aliphatic carbocycles. The topological polar surface area (TPSA) is 38.3 Å². The van der Waals surface area contributed by atoms with E-state index in [-0.39, 0.29) is 5.91 Å². The number of rotatable bonds is 4. The van der Waals surface area contributed by atoms with E-state index in [0.29, 0.717) is 22.9 Å². The number of benzene rings is 2. The Morgan fingerprint density at radius 1 is 1.20 bits per heavy atom. The number of carbonyl (C=O) groups excluding carboxylic acids is 1. The molecule has 1 amide bonds. The molecule has 0 saturated heterocycles. The van der Waals surface area contributed by atoms with Gasteiger partial charge in [0.1, 0.15) is 5.75 Å². The first-order chi connectivity index (χ1) is 9.60.